The Hall–Kier alpha value is -1.60. The van der Waals surface area contributed by atoms with E-state index in [1.165, 1.54) is 12.8 Å². The summed E-state index contributed by atoms with van der Waals surface area (Å²) < 4.78 is 27.0. The van der Waals surface area contributed by atoms with Crippen molar-refractivity contribution in [2.75, 3.05) is 19.6 Å². The topological polar surface area (TPSA) is 73.8 Å². The highest BCUT2D eigenvalue weighted by atomic mass is 32.2. The van der Waals surface area contributed by atoms with Gasteiger partial charge in [-0.3, -0.25) is 0 Å². The third-order valence-corrected chi connectivity index (χ3v) is 5.82. The molecular formula is C17H26N4O2S. The summed E-state index contributed by atoms with van der Waals surface area (Å²) in [5.41, 5.74) is 1.01. The number of aliphatic imine (C=N–C) groups is 1. The zero-order valence-corrected chi connectivity index (χ0v) is 15.0. The molecule has 0 aromatic heterocycles. The van der Waals surface area contributed by atoms with Crippen LogP contribution < -0.4 is 10.0 Å². The molecule has 0 unspecified atom stereocenters. The van der Waals surface area contributed by atoms with Gasteiger partial charge in [-0.05, 0) is 50.3 Å². The van der Waals surface area contributed by atoms with Gasteiger partial charge in [0.2, 0.25) is 10.0 Å². The predicted molar refractivity (Wildman–Crippen MR) is 95.4 cm³/mol. The first-order valence-corrected chi connectivity index (χ1v) is 10.2. The Balaban J connectivity index is 1.65. The van der Waals surface area contributed by atoms with Gasteiger partial charge in [0.1, 0.15) is 0 Å². The molecule has 0 amide bonds. The average molecular weight is 350 g/mol. The van der Waals surface area contributed by atoms with Crippen molar-refractivity contribution in [2.24, 2.45) is 4.99 Å². The largest absolute Gasteiger partial charge is 0.357 e. The number of benzene rings is 1. The molecule has 0 radical (unpaired) electrons. The van der Waals surface area contributed by atoms with Crippen molar-refractivity contribution in [3.8, 4) is 0 Å². The van der Waals surface area contributed by atoms with Gasteiger partial charge in [0.15, 0.2) is 5.96 Å². The molecule has 2 fully saturated rings. The van der Waals surface area contributed by atoms with Gasteiger partial charge in [-0.2, -0.15) is 0 Å². The molecule has 0 spiro atoms. The molecule has 1 saturated heterocycles. The number of sulfonamides is 1. The minimum atomic E-state index is -3.37. The number of rotatable bonds is 6. The molecule has 1 saturated carbocycles. The van der Waals surface area contributed by atoms with Crippen molar-refractivity contribution in [1.29, 1.82) is 0 Å². The number of nitrogens with zero attached hydrogens (tertiary/aromatic N) is 2. The van der Waals surface area contributed by atoms with E-state index < -0.39 is 10.0 Å². The average Bonchev–Trinajstić information content (AvgIpc) is 3.20. The lowest BCUT2D eigenvalue weighted by Gasteiger charge is -2.20. The smallest absolute Gasteiger partial charge is 0.240 e. The van der Waals surface area contributed by atoms with E-state index in [9.17, 15) is 8.42 Å². The fourth-order valence-corrected chi connectivity index (χ4v) is 4.09. The SMILES string of the molecule is CCNC(=NCc1ccc(S(=O)(=O)NC2CC2)cc1)N1CCCC1. The van der Waals surface area contributed by atoms with Gasteiger partial charge in [0, 0.05) is 25.7 Å². The fourth-order valence-electron chi connectivity index (χ4n) is 2.78. The van der Waals surface area contributed by atoms with Gasteiger partial charge in [0.25, 0.3) is 0 Å². The number of guanidine groups is 1. The third kappa shape index (κ3) is 4.48. The van der Waals surface area contributed by atoms with E-state index in [-0.39, 0.29) is 6.04 Å². The van der Waals surface area contributed by atoms with Crippen LogP contribution >= 0.6 is 0 Å². The normalized spacial score (nSPS) is 18.9. The first-order valence-electron chi connectivity index (χ1n) is 8.73. The van der Waals surface area contributed by atoms with Gasteiger partial charge in [-0.15, -0.1) is 0 Å². The van der Waals surface area contributed by atoms with Crippen LogP contribution in [0.2, 0.25) is 0 Å². The van der Waals surface area contributed by atoms with Gasteiger partial charge in [-0.1, -0.05) is 12.1 Å². The molecule has 6 nitrogen and oxygen atoms in total. The third-order valence-electron chi connectivity index (χ3n) is 4.28. The van der Waals surface area contributed by atoms with Gasteiger partial charge in [0.05, 0.1) is 11.4 Å². The lowest BCUT2D eigenvalue weighted by Crippen LogP contribution is -2.39. The van der Waals surface area contributed by atoms with Crippen molar-refractivity contribution in [1.82, 2.24) is 14.9 Å². The number of likely N-dealkylation sites (tertiary alicyclic amines) is 1. The van der Waals surface area contributed by atoms with Gasteiger partial charge < -0.3 is 10.2 Å². The molecule has 7 heteroatoms. The van der Waals surface area contributed by atoms with Gasteiger partial charge >= 0.3 is 0 Å². The van der Waals surface area contributed by atoms with Crippen molar-refractivity contribution >= 4 is 16.0 Å². The second-order valence-corrected chi connectivity index (χ2v) is 8.12. The maximum Gasteiger partial charge on any atom is 0.240 e. The Morgan fingerprint density at radius 3 is 2.46 bits per heavy atom. The standard InChI is InChI=1S/C17H26N4O2S/c1-2-18-17(21-11-3-4-12-21)19-13-14-5-9-16(10-6-14)24(22,23)20-15-7-8-15/h5-6,9-10,15,20H,2-4,7-8,11-13H2,1H3,(H,18,19). The maximum absolute atomic E-state index is 12.2. The molecule has 132 valence electrons. The van der Waals surface area contributed by atoms with Crippen LogP contribution in [0, 0.1) is 0 Å². The Kier molecular flexibility index (Phi) is 5.40. The van der Waals surface area contributed by atoms with E-state index in [4.69, 9.17) is 0 Å². The molecule has 24 heavy (non-hydrogen) atoms. The van der Waals surface area contributed by atoms with Crippen LogP contribution in [-0.2, 0) is 16.6 Å². The van der Waals surface area contributed by atoms with E-state index in [1.54, 1.807) is 12.1 Å². The molecule has 0 atom stereocenters. The second-order valence-electron chi connectivity index (χ2n) is 6.40. The van der Waals surface area contributed by atoms with Gasteiger partial charge in [-0.25, -0.2) is 18.1 Å². The molecular weight excluding hydrogens is 324 g/mol. The highest BCUT2D eigenvalue weighted by Gasteiger charge is 2.27. The van der Waals surface area contributed by atoms with Crippen LogP contribution in [0.5, 0.6) is 0 Å². The van der Waals surface area contributed by atoms with E-state index in [0.29, 0.717) is 11.4 Å². The van der Waals surface area contributed by atoms with Crippen molar-refractivity contribution in [3.63, 3.8) is 0 Å². The highest BCUT2D eigenvalue weighted by Crippen LogP contribution is 2.22. The molecule has 1 aromatic carbocycles. The quantitative estimate of drug-likeness (QED) is 0.605. The maximum atomic E-state index is 12.2. The zero-order valence-electron chi connectivity index (χ0n) is 14.2. The highest BCUT2D eigenvalue weighted by molar-refractivity contribution is 7.89. The van der Waals surface area contributed by atoms with Crippen LogP contribution in [0.15, 0.2) is 34.2 Å². The minimum absolute atomic E-state index is 0.127. The summed E-state index contributed by atoms with van der Waals surface area (Å²) in [6.45, 7) is 5.57. The van der Waals surface area contributed by atoms with Crippen molar-refractivity contribution in [2.45, 2.75) is 50.1 Å². The summed E-state index contributed by atoms with van der Waals surface area (Å²) in [6, 6.07) is 7.15. The summed E-state index contributed by atoms with van der Waals surface area (Å²) >= 11 is 0. The summed E-state index contributed by atoms with van der Waals surface area (Å²) in [5, 5.41) is 3.33. The van der Waals surface area contributed by atoms with Crippen molar-refractivity contribution < 1.29 is 8.42 Å². The molecule has 1 heterocycles. The van der Waals surface area contributed by atoms with Crippen LogP contribution in [0.3, 0.4) is 0 Å². The van der Waals surface area contributed by atoms with Crippen LogP contribution in [0.25, 0.3) is 0 Å². The molecule has 1 aromatic rings. The van der Waals surface area contributed by atoms with Crippen LogP contribution in [0.1, 0.15) is 38.2 Å². The lowest BCUT2D eigenvalue weighted by molar-refractivity contribution is 0.493. The monoisotopic (exact) mass is 350 g/mol. The molecule has 1 aliphatic carbocycles. The number of hydrogen-bond donors (Lipinski definition) is 2. The van der Waals surface area contributed by atoms with Crippen molar-refractivity contribution in [3.05, 3.63) is 29.8 Å². The summed E-state index contributed by atoms with van der Waals surface area (Å²) in [4.78, 5) is 7.29. The van der Waals surface area contributed by atoms with Crippen LogP contribution in [-0.4, -0.2) is 45.0 Å². The fraction of sp³-hybridized carbons (Fsp3) is 0.588. The van der Waals surface area contributed by atoms with E-state index in [0.717, 1.165) is 44.0 Å². The first-order chi connectivity index (χ1) is 11.6. The molecule has 3 rings (SSSR count). The Labute approximate surface area is 144 Å². The molecule has 2 aliphatic rings. The Morgan fingerprint density at radius 1 is 1.21 bits per heavy atom. The Bertz CT molecular complexity index is 675. The minimum Gasteiger partial charge on any atom is -0.357 e. The summed E-state index contributed by atoms with van der Waals surface area (Å²) in [7, 11) is -3.37. The first kappa shape index (κ1) is 17.2. The number of nitrogens with one attached hydrogen (secondary N) is 2. The zero-order chi connectivity index (χ0) is 17.0. The number of hydrogen-bond acceptors (Lipinski definition) is 3. The molecule has 0 bridgehead atoms. The summed E-state index contributed by atoms with van der Waals surface area (Å²) in [6.07, 6.45) is 4.31. The molecule has 1 aliphatic heterocycles. The van der Waals surface area contributed by atoms with E-state index in [2.05, 4.69) is 26.9 Å². The second kappa shape index (κ2) is 7.53. The predicted octanol–water partition coefficient (Wildman–Crippen LogP) is 1.69. The Morgan fingerprint density at radius 2 is 1.88 bits per heavy atom. The van der Waals surface area contributed by atoms with Crippen LogP contribution in [0.4, 0.5) is 0 Å². The summed E-state index contributed by atoms with van der Waals surface area (Å²) in [5.74, 6) is 0.946. The van der Waals surface area contributed by atoms with E-state index >= 15 is 0 Å². The molecule has 2 N–H and O–H groups in total. The lowest BCUT2D eigenvalue weighted by atomic mass is 10.2. The van der Waals surface area contributed by atoms with E-state index in [1.807, 2.05) is 12.1 Å².